The Balaban J connectivity index is 3.28. The third kappa shape index (κ3) is 2.07. The molecular weight excluding hydrogens is 191 g/mol. The van der Waals surface area contributed by atoms with Crippen LogP contribution in [-0.2, 0) is 0 Å². The Hall–Kier alpha value is -0.890. The fourth-order valence-corrected chi connectivity index (χ4v) is 1.37. The predicted octanol–water partition coefficient (Wildman–Crippen LogP) is 2.86. The molecule has 0 amide bonds. The van der Waals surface area contributed by atoms with Gasteiger partial charge in [0.2, 0.25) is 0 Å². The molecule has 0 N–H and O–H groups in total. The van der Waals surface area contributed by atoms with Crippen molar-refractivity contribution in [3.8, 4) is 0 Å². The van der Waals surface area contributed by atoms with E-state index in [9.17, 15) is 9.18 Å². The number of aryl methyl sites for hydroxylation is 2. The van der Waals surface area contributed by atoms with Crippen molar-refractivity contribution in [2.75, 3.05) is 5.88 Å². The van der Waals surface area contributed by atoms with Crippen molar-refractivity contribution in [2.45, 2.75) is 13.8 Å². The third-order valence-electron chi connectivity index (χ3n) is 1.82. The Morgan fingerprint density at radius 3 is 2.62 bits per heavy atom. The van der Waals surface area contributed by atoms with Crippen LogP contribution >= 0.6 is 11.6 Å². The minimum absolute atomic E-state index is 0.0903. The largest absolute Gasteiger partial charge is 0.293 e. The molecule has 0 atom stereocenters. The fraction of sp³-hybridized carbons (Fsp3) is 0.300. The fourth-order valence-electron chi connectivity index (χ4n) is 1.22. The van der Waals surface area contributed by atoms with E-state index in [1.807, 2.05) is 6.92 Å². The average Bonchev–Trinajstić information content (AvgIpc) is 2.10. The first kappa shape index (κ1) is 10.2. The molecule has 1 aromatic rings. The van der Waals surface area contributed by atoms with E-state index in [0.717, 1.165) is 5.56 Å². The van der Waals surface area contributed by atoms with Gasteiger partial charge in [-0.15, -0.1) is 11.6 Å². The molecule has 13 heavy (non-hydrogen) atoms. The molecule has 0 fully saturated rings. The lowest BCUT2D eigenvalue weighted by molar-refractivity contribution is 0.101. The van der Waals surface area contributed by atoms with E-state index < -0.39 is 5.82 Å². The van der Waals surface area contributed by atoms with Crippen LogP contribution in [0.5, 0.6) is 0 Å². The number of alkyl halides is 1. The highest BCUT2D eigenvalue weighted by molar-refractivity contribution is 6.30. The van der Waals surface area contributed by atoms with Crippen molar-refractivity contribution in [2.24, 2.45) is 0 Å². The van der Waals surface area contributed by atoms with E-state index >= 15 is 0 Å². The van der Waals surface area contributed by atoms with Crippen LogP contribution in [0.2, 0.25) is 0 Å². The first-order valence-corrected chi connectivity index (χ1v) is 4.45. The number of benzene rings is 1. The SMILES string of the molecule is Cc1cc(C)c(F)c(C(=O)CCl)c1. The van der Waals surface area contributed by atoms with Crippen LogP contribution < -0.4 is 0 Å². The zero-order valence-corrected chi connectivity index (χ0v) is 8.28. The van der Waals surface area contributed by atoms with E-state index in [4.69, 9.17) is 11.6 Å². The molecule has 0 heterocycles. The second kappa shape index (κ2) is 3.88. The highest BCUT2D eigenvalue weighted by Crippen LogP contribution is 2.16. The average molecular weight is 201 g/mol. The number of carbonyl (C=O) groups is 1. The van der Waals surface area contributed by atoms with Crippen LogP contribution in [0.3, 0.4) is 0 Å². The van der Waals surface area contributed by atoms with Gasteiger partial charge >= 0.3 is 0 Å². The lowest BCUT2D eigenvalue weighted by Gasteiger charge is -2.04. The second-order valence-corrected chi connectivity index (χ2v) is 3.27. The van der Waals surface area contributed by atoms with Crippen LogP contribution in [-0.4, -0.2) is 11.7 Å². The topological polar surface area (TPSA) is 17.1 Å². The lowest BCUT2D eigenvalue weighted by Crippen LogP contribution is -2.05. The maximum Gasteiger partial charge on any atom is 0.180 e. The molecule has 0 radical (unpaired) electrons. The summed E-state index contributed by atoms with van der Waals surface area (Å²) in [4.78, 5) is 11.2. The van der Waals surface area contributed by atoms with Gasteiger partial charge in [0.25, 0.3) is 0 Å². The first-order chi connectivity index (χ1) is 6.06. The van der Waals surface area contributed by atoms with Gasteiger partial charge in [-0.25, -0.2) is 4.39 Å². The summed E-state index contributed by atoms with van der Waals surface area (Å²) < 4.78 is 13.3. The Morgan fingerprint density at radius 1 is 1.46 bits per heavy atom. The van der Waals surface area contributed by atoms with Gasteiger partial charge in [0.1, 0.15) is 5.82 Å². The number of hydrogen-bond acceptors (Lipinski definition) is 1. The van der Waals surface area contributed by atoms with Gasteiger partial charge in [-0.05, 0) is 31.0 Å². The summed E-state index contributed by atoms with van der Waals surface area (Å²) in [6.45, 7) is 3.45. The van der Waals surface area contributed by atoms with Crippen molar-refractivity contribution >= 4 is 17.4 Å². The van der Waals surface area contributed by atoms with Gasteiger partial charge in [0.15, 0.2) is 5.78 Å². The highest BCUT2D eigenvalue weighted by atomic mass is 35.5. The molecule has 0 unspecified atom stereocenters. The summed E-state index contributed by atoms with van der Waals surface area (Å²) >= 11 is 5.35. The molecule has 1 rings (SSSR count). The summed E-state index contributed by atoms with van der Waals surface area (Å²) in [6, 6.07) is 3.22. The molecule has 0 spiro atoms. The Morgan fingerprint density at radius 2 is 2.08 bits per heavy atom. The molecule has 70 valence electrons. The number of ketones is 1. The number of halogens is 2. The van der Waals surface area contributed by atoms with Crippen molar-refractivity contribution in [3.63, 3.8) is 0 Å². The molecule has 1 aromatic carbocycles. The summed E-state index contributed by atoms with van der Waals surface area (Å²) in [6.07, 6.45) is 0. The van der Waals surface area contributed by atoms with E-state index in [1.54, 1.807) is 13.0 Å². The molecular formula is C10H10ClFO. The van der Waals surface area contributed by atoms with Gasteiger partial charge in [-0.2, -0.15) is 0 Å². The van der Waals surface area contributed by atoms with Gasteiger partial charge < -0.3 is 0 Å². The standard InChI is InChI=1S/C10H10ClFO/c1-6-3-7(2)10(12)8(4-6)9(13)5-11/h3-4H,5H2,1-2H3. The molecule has 0 saturated heterocycles. The molecule has 0 aromatic heterocycles. The van der Waals surface area contributed by atoms with Crippen LogP contribution in [0.4, 0.5) is 4.39 Å². The highest BCUT2D eigenvalue weighted by Gasteiger charge is 2.12. The van der Waals surface area contributed by atoms with E-state index in [-0.39, 0.29) is 17.2 Å². The molecule has 0 bridgehead atoms. The summed E-state index contributed by atoms with van der Waals surface area (Å²) in [7, 11) is 0. The van der Waals surface area contributed by atoms with Gasteiger partial charge in [0.05, 0.1) is 11.4 Å². The number of carbonyl (C=O) groups excluding carboxylic acids is 1. The van der Waals surface area contributed by atoms with Crippen LogP contribution in [0.1, 0.15) is 21.5 Å². The van der Waals surface area contributed by atoms with Crippen molar-refractivity contribution in [3.05, 3.63) is 34.6 Å². The summed E-state index contributed by atoms with van der Waals surface area (Å²) in [5.41, 5.74) is 1.44. The van der Waals surface area contributed by atoms with Gasteiger partial charge in [-0.1, -0.05) is 6.07 Å². The molecule has 1 nitrogen and oxygen atoms in total. The van der Waals surface area contributed by atoms with Crippen molar-refractivity contribution < 1.29 is 9.18 Å². The summed E-state index contributed by atoms with van der Waals surface area (Å²) in [5, 5.41) is 0. The predicted molar refractivity (Wildman–Crippen MR) is 50.9 cm³/mol. The molecule has 3 heteroatoms. The normalized spacial score (nSPS) is 10.2. The van der Waals surface area contributed by atoms with E-state index in [1.165, 1.54) is 6.07 Å². The minimum Gasteiger partial charge on any atom is -0.293 e. The number of hydrogen-bond donors (Lipinski definition) is 0. The lowest BCUT2D eigenvalue weighted by atomic mass is 10.0. The van der Waals surface area contributed by atoms with Crippen LogP contribution in [0.15, 0.2) is 12.1 Å². The maximum absolute atomic E-state index is 13.3. The Labute approximate surface area is 81.5 Å². The first-order valence-electron chi connectivity index (χ1n) is 3.92. The maximum atomic E-state index is 13.3. The minimum atomic E-state index is -0.462. The summed E-state index contributed by atoms with van der Waals surface area (Å²) in [5.74, 6) is -1.01. The van der Waals surface area contributed by atoms with Crippen LogP contribution in [0, 0.1) is 19.7 Å². The van der Waals surface area contributed by atoms with Crippen molar-refractivity contribution in [1.82, 2.24) is 0 Å². The Kier molecular flexibility index (Phi) is 3.04. The molecule has 0 saturated carbocycles. The van der Waals surface area contributed by atoms with Gasteiger partial charge in [0, 0.05) is 0 Å². The molecule has 0 aliphatic heterocycles. The molecule has 0 aliphatic rings. The number of rotatable bonds is 2. The van der Waals surface area contributed by atoms with Crippen molar-refractivity contribution in [1.29, 1.82) is 0 Å². The van der Waals surface area contributed by atoms with E-state index in [2.05, 4.69) is 0 Å². The van der Waals surface area contributed by atoms with Crippen LogP contribution in [0.25, 0.3) is 0 Å². The van der Waals surface area contributed by atoms with E-state index in [0.29, 0.717) is 5.56 Å². The zero-order chi connectivity index (χ0) is 10.0. The van der Waals surface area contributed by atoms with Gasteiger partial charge in [-0.3, -0.25) is 4.79 Å². The Bertz CT molecular complexity index is 347. The zero-order valence-electron chi connectivity index (χ0n) is 7.53. The molecule has 0 aliphatic carbocycles. The third-order valence-corrected chi connectivity index (χ3v) is 2.06. The monoisotopic (exact) mass is 200 g/mol. The second-order valence-electron chi connectivity index (χ2n) is 3.00. The quantitative estimate of drug-likeness (QED) is 0.530. The number of Topliss-reactive ketones (excluding diaryl/α,β-unsaturated/α-hetero) is 1. The smallest absolute Gasteiger partial charge is 0.180 e.